The zero-order chi connectivity index (χ0) is 14.5. The average Bonchev–Trinajstić information content (AvgIpc) is 2.25. The number of hydrogen-bond donors (Lipinski definition) is 1. The molecule has 1 unspecified atom stereocenters. The molecule has 1 aromatic carbocycles. The molecule has 3 nitrogen and oxygen atoms in total. The number of hydrogen-bond acceptors (Lipinski definition) is 3. The quantitative estimate of drug-likeness (QED) is 0.841. The fraction of sp³-hybridized carbons (Fsp3) is 0.533. The Morgan fingerprint density at radius 1 is 1.37 bits per heavy atom. The number of carbonyl (C=O) groups is 1. The van der Waals surface area contributed by atoms with Crippen LogP contribution in [0.1, 0.15) is 39.2 Å². The van der Waals surface area contributed by atoms with Crippen LogP contribution in [0.3, 0.4) is 0 Å². The third-order valence-electron chi connectivity index (χ3n) is 2.65. The van der Waals surface area contributed by atoms with Gasteiger partial charge in [0.2, 0.25) is 0 Å². The lowest BCUT2D eigenvalue weighted by Crippen LogP contribution is -2.29. The van der Waals surface area contributed by atoms with Crippen molar-refractivity contribution in [1.82, 2.24) is 0 Å². The normalized spacial score (nSPS) is 13.1. The van der Waals surface area contributed by atoms with Gasteiger partial charge in [0.05, 0.1) is 6.42 Å². The van der Waals surface area contributed by atoms with Gasteiger partial charge in [0, 0.05) is 16.6 Å². The average molecular weight is 284 g/mol. The van der Waals surface area contributed by atoms with E-state index in [0.29, 0.717) is 5.02 Å². The van der Waals surface area contributed by atoms with Crippen LogP contribution in [0.2, 0.25) is 5.02 Å². The predicted octanol–water partition coefficient (Wildman–Crippen LogP) is 3.54. The van der Waals surface area contributed by atoms with E-state index in [4.69, 9.17) is 22.1 Å². The maximum absolute atomic E-state index is 11.7. The topological polar surface area (TPSA) is 52.3 Å². The van der Waals surface area contributed by atoms with Gasteiger partial charge in [-0.15, -0.1) is 0 Å². The zero-order valence-electron chi connectivity index (χ0n) is 11.8. The Morgan fingerprint density at radius 2 is 2.00 bits per heavy atom. The van der Waals surface area contributed by atoms with E-state index in [2.05, 4.69) is 20.8 Å². The summed E-state index contributed by atoms with van der Waals surface area (Å²) < 4.78 is 5.19. The minimum atomic E-state index is -0.281. The second-order valence-electron chi connectivity index (χ2n) is 5.98. The summed E-state index contributed by atoms with van der Waals surface area (Å²) in [4.78, 5) is 11.7. The Morgan fingerprint density at radius 3 is 2.58 bits per heavy atom. The molecule has 2 N–H and O–H groups in total. The predicted molar refractivity (Wildman–Crippen MR) is 77.9 cm³/mol. The minimum Gasteiger partial charge on any atom is -0.461 e. The Balaban J connectivity index is 2.38. The van der Waals surface area contributed by atoms with Crippen LogP contribution in [0, 0.1) is 5.41 Å². The van der Waals surface area contributed by atoms with Crippen molar-refractivity contribution in [3.8, 4) is 0 Å². The Kier molecular flexibility index (Phi) is 5.83. The standard InChI is InChI=1S/C15H22ClNO2/c1-15(2,3)9-12(17)8-14(18)19-10-11-6-4-5-7-13(11)16/h4-7,12H,8-10,17H2,1-3H3. The summed E-state index contributed by atoms with van der Waals surface area (Å²) in [6.07, 6.45) is 1.02. The molecule has 1 atom stereocenters. The van der Waals surface area contributed by atoms with Crippen molar-refractivity contribution in [2.45, 2.75) is 46.3 Å². The molecular weight excluding hydrogens is 262 g/mol. The molecule has 0 aliphatic heterocycles. The van der Waals surface area contributed by atoms with E-state index >= 15 is 0 Å². The molecule has 0 amide bonds. The van der Waals surface area contributed by atoms with Crippen LogP contribution >= 0.6 is 11.6 Å². The summed E-state index contributed by atoms with van der Waals surface area (Å²) in [5.41, 5.74) is 6.85. The molecule has 1 aromatic rings. The first-order valence-electron chi connectivity index (χ1n) is 6.42. The fourth-order valence-corrected chi connectivity index (χ4v) is 2.10. The second kappa shape index (κ2) is 6.92. The Bertz CT molecular complexity index is 426. The molecular formula is C15H22ClNO2. The maximum atomic E-state index is 11.7. The highest BCUT2D eigenvalue weighted by atomic mass is 35.5. The van der Waals surface area contributed by atoms with E-state index in [1.165, 1.54) is 0 Å². The Hall–Kier alpha value is -1.06. The number of benzene rings is 1. The third kappa shape index (κ3) is 6.60. The van der Waals surface area contributed by atoms with Gasteiger partial charge < -0.3 is 10.5 Å². The molecule has 0 aliphatic carbocycles. The molecule has 106 valence electrons. The van der Waals surface area contributed by atoms with Gasteiger partial charge in [0.25, 0.3) is 0 Å². The summed E-state index contributed by atoms with van der Waals surface area (Å²) in [6.45, 7) is 6.49. The third-order valence-corrected chi connectivity index (χ3v) is 3.02. The van der Waals surface area contributed by atoms with E-state index in [-0.39, 0.29) is 30.5 Å². The van der Waals surface area contributed by atoms with E-state index in [9.17, 15) is 4.79 Å². The summed E-state index contributed by atoms with van der Waals surface area (Å²) in [5.74, 6) is -0.281. The van der Waals surface area contributed by atoms with Crippen molar-refractivity contribution >= 4 is 17.6 Å². The van der Waals surface area contributed by atoms with Gasteiger partial charge in [-0.05, 0) is 17.9 Å². The number of ether oxygens (including phenoxy) is 1. The molecule has 0 saturated heterocycles. The van der Waals surface area contributed by atoms with Crippen molar-refractivity contribution in [3.63, 3.8) is 0 Å². The largest absolute Gasteiger partial charge is 0.461 e. The van der Waals surface area contributed by atoms with Crippen LogP contribution in [0.25, 0.3) is 0 Å². The van der Waals surface area contributed by atoms with Gasteiger partial charge in [0.15, 0.2) is 0 Å². The maximum Gasteiger partial charge on any atom is 0.307 e. The molecule has 1 rings (SSSR count). The van der Waals surface area contributed by atoms with E-state index in [1.807, 2.05) is 18.2 Å². The molecule has 0 aromatic heterocycles. The molecule has 0 saturated carbocycles. The lowest BCUT2D eigenvalue weighted by atomic mass is 9.87. The molecule has 0 radical (unpaired) electrons. The molecule has 0 heterocycles. The van der Waals surface area contributed by atoms with E-state index < -0.39 is 0 Å². The number of esters is 1. The molecule has 0 aliphatic rings. The first-order valence-corrected chi connectivity index (χ1v) is 6.80. The molecule has 4 heteroatoms. The van der Waals surface area contributed by atoms with E-state index in [1.54, 1.807) is 6.07 Å². The number of rotatable bonds is 5. The molecule has 0 fully saturated rings. The monoisotopic (exact) mass is 283 g/mol. The highest BCUT2D eigenvalue weighted by molar-refractivity contribution is 6.31. The lowest BCUT2D eigenvalue weighted by molar-refractivity contribution is -0.145. The van der Waals surface area contributed by atoms with Crippen LogP contribution in [-0.2, 0) is 16.1 Å². The SMILES string of the molecule is CC(C)(C)CC(N)CC(=O)OCc1ccccc1Cl. The van der Waals surface area contributed by atoms with Crippen LogP contribution in [-0.4, -0.2) is 12.0 Å². The van der Waals surface area contributed by atoms with Gasteiger partial charge in [-0.3, -0.25) is 4.79 Å². The smallest absolute Gasteiger partial charge is 0.307 e. The highest BCUT2D eigenvalue weighted by Crippen LogP contribution is 2.21. The number of nitrogens with two attached hydrogens (primary N) is 1. The van der Waals surface area contributed by atoms with Crippen LogP contribution in [0.5, 0.6) is 0 Å². The summed E-state index contributed by atoms with van der Waals surface area (Å²) in [6, 6.07) is 7.15. The van der Waals surface area contributed by atoms with E-state index in [0.717, 1.165) is 12.0 Å². The van der Waals surface area contributed by atoms with Crippen molar-refractivity contribution < 1.29 is 9.53 Å². The van der Waals surface area contributed by atoms with Crippen molar-refractivity contribution in [2.24, 2.45) is 11.1 Å². The van der Waals surface area contributed by atoms with Gasteiger partial charge in [-0.2, -0.15) is 0 Å². The molecule has 0 bridgehead atoms. The van der Waals surface area contributed by atoms with Crippen molar-refractivity contribution in [1.29, 1.82) is 0 Å². The summed E-state index contributed by atoms with van der Waals surface area (Å²) in [5, 5.41) is 0.606. The molecule has 0 spiro atoms. The molecule has 19 heavy (non-hydrogen) atoms. The fourth-order valence-electron chi connectivity index (χ4n) is 1.91. The minimum absolute atomic E-state index is 0.114. The second-order valence-corrected chi connectivity index (χ2v) is 6.39. The number of halogens is 1. The van der Waals surface area contributed by atoms with Crippen LogP contribution in [0.4, 0.5) is 0 Å². The van der Waals surface area contributed by atoms with Gasteiger partial charge >= 0.3 is 5.97 Å². The lowest BCUT2D eigenvalue weighted by Gasteiger charge is -2.22. The number of carbonyl (C=O) groups excluding carboxylic acids is 1. The van der Waals surface area contributed by atoms with Crippen LogP contribution in [0.15, 0.2) is 24.3 Å². The zero-order valence-corrected chi connectivity index (χ0v) is 12.5. The van der Waals surface area contributed by atoms with Crippen LogP contribution < -0.4 is 5.73 Å². The first kappa shape index (κ1) is 16.0. The van der Waals surface area contributed by atoms with Gasteiger partial charge in [-0.25, -0.2) is 0 Å². The summed E-state index contributed by atoms with van der Waals surface area (Å²) in [7, 11) is 0. The Labute approximate surface area is 120 Å². The highest BCUT2D eigenvalue weighted by Gasteiger charge is 2.18. The van der Waals surface area contributed by atoms with Crippen molar-refractivity contribution in [2.75, 3.05) is 0 Å². The van der Waals surface area contributed by atoms with Gasteiger partial charge in [0.1, 0.15) is 6.61 Å². The summed E-state index contributed by atoms with van der Waals surface area (Å²) >= 11 is 5.98. The van der Waals surface area contributed by atoms with Crippen molar-refractivity contribution in [3.05, 3.63) is 34.9 Å². The van der Waals surface area contributed by atoms with Gasteiger partial charge in [-0.1, -0.05) is 50.6 Å². The first-order chi connectivity index (χ1) is 8.78.